The fraction of sp³-hybridized carbons (Fsp3) is 0.786. The van der Waals surface area contributed by atoms with Crippen LogP contribution in [0.1, 0.15) is 48.0 Å². The second-order valence-electron chi connectivity index (χ2n) is 6.99. The molecular formula is C14H27N3O3S. The highest BCUT2D eigenvalue weighted by atomic mass is 32.2. The lowest BCUT2D eigenvalue weighted by Gasteiger charge is -2.27. The van der Waals surface area contributed by atoms with Crippen LogP contribution in [-0.2, 0) is 9.53 Å². The number of carbonyl (C=O) groups excluding carboxylic acids is 2. The van der Waals surface area contributed by atoms with E-state index in [1.54, 1.807) is 27.0 Å². The molecule has 0 aromatic heterocycles. The molecule has 0 aliphatic rings. The van der Waals surface area contributed by atoms with Crippen molar-refractivity contribution in [2.45, 2.75) is 59.6 Å². The molecule has 0 saturated carbocycles. The highest BCUT2D eigenvalue weighted by Gasteiger charge is 2.28. The normalized spacial score (nSPS) is 13.3. The van der Waals surface area contributed by atoms with Crippen LogP contribution in [0.4, 0.5) is 4.79 Å². The van der Waals surface area contributed by atoms with E-state index in [-0.39, 0.29) is 10.6 Å². The van der Waals surface area contributed by atoms with E-state index >= 15 is 0 Å². The highest BCUT2D eigenvalue weighted by Crippen LogP contribution is 2.21. The van der Waals surface area contributed by atoms with Crippen molar-refractivity contribution in [2.24, 2.45) is 5.41 Å². The van der Waals surface area contributed by atoms with Crippen LogP contribution in [0.3, 0.4) is 0 Å². The van der Waals surface area contributed by atoms with Gasteiger partial charge in [-0.05, 0) is 38.9 Å². The summed E-state index contributed by atoms with van der Waals surface area (Å²) in [5.41, 5.74) is -0.780. The summed E-state index contributed by atoms with van der Waals surface area (Å²) in [7, 11) is 0. The molecule has 1 atom stereocenters. The van der Waals surface area contributed by atoms with E-state index in [0.717, 1.165) is 11.8 Å². The van der Waals surface area contributed by atoms with E-state index < -0.39 is 23.6 Å². The zero-order chi connectivity index (χ0) is 16.8. The first kappa shape index (κ1) is 19.8. The van der Waals surface area contributed by atoms with Crippen LogP contribution >= 0.6 is 11.8 Å². The quantitative estimate of drug-likeness (QED) is 0.551. The van der Waals surface area contributed by atoms with Crippen LogP contribution in [-0.4, -0.2) is 35.1 Å². The minimum absolute atomic E-state index is 0.0462. The lowest BCUT2D eigenvalue weighted by Crippen LogP contribution is -2.50. The van der Waals surface area contributed by atoms with Crippen molar-refractivity contribution in [3.05, 3.63) is 0 Å². The number of alkyl carbamates (subject to hydrolysis) is 1. The van der Waals surface area contributed by atoms with Gasteiger partial charge >= 0.3 is 6.09 Å². The number of thioether (sulfide) groups is 1. The molecule has 0 aliphatic carbocycles. The second kappa shape index (κ2) is 7.68. The van der Waals surface area contributed by atoms with Gasteiger partial charge in [-0.1, -0.05) is 32.5 Å². The summed E-state index contributed by atoms with van der Waals surface area (Å²) in [6.45, 7) is 11.2. The van der Waals surface area contributed by atoms with E-state index in [1.165, 1.54) is 0 Å². The molecule has 0 aromatic rings. The molecule has 0 heterocycles. The third-order valence-corrected chi connectivity index (χ3v) is 2.78. The van der Waals surface area contributed by atoms with E-state index in [0.29, 0.717) is 6.42 Å². The number of amidine groups is 1. The molecule has 0 aliphatic heterocycles. The zero-order valence-corrected chi connectivity index (χ0v) is 14.7. The Balaban J connectivity index is 4.86. The molecule has 0 bridgehead atoms. The molecule has 2 amide bonds. The fourth-order valence-corrected chi connectivity index (χ4v) is 1.72. The summed E-state index contributed by atoms with van der Waals surface area (Å²) in [4.78, 5) is 24.0. The molecule has 0 rings (SSSR count). The van der Waals surface area contributed by atoms with Gasteiger partial charge in [-0.2, -0.15) is 0 Å². The molecule has 7 heteroatoms. The Hall–Kier alpha value is -1.24. The van der Waals surface area contributed by atoms with Gasteiger partial charge in [0.25, 0.3) is 0 Å². The zero-order valence-electron chi connectivity index (χ0n) is 13.9. The number of rotatable bonds is 3. The average molecular weight is 317 g/mol. The summed E-state index contributed by atoms with van der Waals surface area (Å²) >= 11 is 1.12. The van der Waals surface area contributed by atoms with E-state index in [9.17, 15) is 9.59 Å². The van der Waals surface area contributed by atoms with Gasteiger partial charge in [-0.25, -0.2) is 4.79 Å². The van der Waals surface area contributed by atoms with Gasteiger partial charge in [-0.3, -0.25) is 10.2 Å². The molecule has 0 saturated heterocycles. The van der Waals surface area contributed by atoms with Gasteiger partial charge in [0.1, 0.15) is 11.6 Å². The number of amides is 2. The van der Waals surface area contributed by atoms with Gasteiger partial charge in [0, 0.05) is 0 Å². The lowest BCUT2D eigenvalue weighted by molar-refractivity contribution is -0.122. The van der Waals surface area contributed by atoms with Crippen molar-refractivity contribution >= 4 is 28.9 Å². The first-order chi connectivity index (χ1) is 9.34. The van der Waals surface area contributed by atoms with Crippen molar-refractivity contribution in [3.63, 3.8) is 0 Å². The third kappa shape index (κ3) is 10.2. The SMILES string of the molecule is CSC(=N)NC(=O)C(CC(C)(C)C)NC(=O)OC(C)(C)C. The maximum Gasteiger partial charge on any atom is 0.408 e. The molecular weight excluding hydrogens is 290 g/mol. The highest BCUT2D eigenvalue weighted by molar-refractivity contribution is 8.13. The number of hydrogen-bond acceptors (Lipinski definition) is 5. The predicted molar refractivity (Wildman–Crippen MR) is 86.6 cm³/mol. The minimum atomic E-state index is -0.743. The Labute approximate surface area is 131 Å². The molecule has 6 nitrogen and oxygen atoms in total. The number of carbonyl (C=O) groups is 2. The van der Waals surface area contributed by atoms with Crippen molar-refractivity contribution in [2.75, 3.05) is 6.26 Å². The molecule has 0 radical (unpaired) electrons. The van der Waals surface area contributed by atoms with Crippen LogP contribution < -0.4 is 10.6 Å². The maximum atomic E-state index is 12.2. The van der Waals surface area contributed by atoms with Gasteiger partial charge < -0.3 is 15.4 Å². The van der Waals surface area contributed by atoms with Crippen LogP contribution in [0.15, 0.2) is 0 Å². The van der Waals surface area contributed by atoms with Gasteiger partial charge in [0.05, 0.1) is 0 Å². The Morgan fingerprint density at radius 3 is 2.10 bits per heavy atom. The number of hydrogen-bond donors (Lipinski definition) is 3. The van der Waals surface area contributed by atoms with Crippen LogP contribution in [0.5, 0.6) is 0 Å². The van der Waals surface area contributed by atoms with Crippen molar-refractivity contribution in [1.82, 2.24) is 10.6 Å². The first-order valence-corrected chi connectivity index (χ1v) is 7.99. The molecule has 1 unspecified atom stereocenters. The molecule has 0 fully saturated rings. The smallest absolute Gasteiger partial charge is 0.408 e. The molecule has 122 valence electrons. The fourth-order valence-electron chi connectivity index (χ4n) is 1.52. The van der Waals surface area contributed by atoms with Crippen LogP contribution in [0.2, 0.25) is 0 Å². The summed E-state index contributed by atoms with van der Waals surface area (Å²) < 4.78 is 5.18. The van der Waals surface area contributed by atoms with E-state index in [1.807, 2.05) is 20.8 Å². The van der Waals surface area contributed by atoms with Gasteiger partial charge in [-0.15, -0.1) is 0 Å². The molecule has 3 N–H and O–H groups in total. The predicted octanol–water partition coefficient (Wildman–Crippen LogP) is 2.73. The van der Waals surface area contributed by atoms with Crippen molar-refractivity contribution in [3.8, 4) is 0 Å². The monoisotopic (exact) mass is 317 g/mol. The third-order valence-electron chi connectivity index (χ3n) is 2.26. The van der Waals surface area contributed by atoms with Crippen molar-refractivity contribution in [1.29, 1.82) is 5.41 Å². The first-order valence-electron chi connectivity index (χ1n) is 6.77. The lowest BCUT2D eigenvalue weighted by atomic mass is 9.88. The average Bonchev–Trinajstić information content (AvgIpc) is 2.23. The van der Waals surface area contributed by atoms with Crippen LogP contribution in [0.25, 0.3) is 0 Å². The van der Waals surface area contributed by atoms with Gasteiger partial charge in [0.15, 0.2) is 5.17 Å². The summed E-state index contributed by atoms with van der Waals surface area (Å²) in [5.74, 6) is -0.407. The maximum absolute atomic E-state index is 12.2. The van der Waals surface area contributed by atoms with Crippen molar-refractivity contribution < 1.29 is 14.3 Å². The Kier molecular flexibility index (Phi) is 7.23. The standard InChI is InChI=1S/C14H27N3O3S/c1-13(2,3)8-9(10(18)17-11(15)21-7)16-12(19)20-14(4,5)6/h9H,8H2,1-7H3,(H,16,19)(H2,15,17,18). The molecule has 0 aromatic carbocycles. The minimum Gasteiger partial charge on any atom is -0.444 e. The van der Waals surface area contributed by atoms with E-state index in [4.69, 9.17) is 10.1 Å². The second-order valence-corrected chi connectivity index (χ2v) is 7.80. The Morgan fingerprint density at radius 2 is 1.71 bits per heavy atom. The summed E-state index contributed by atoms with van der Waals surface area (Å²) in [5, 5.41) is 12.6. The van der Waals surface area contributed by atoms with Gasteiger partial charge in [0.2, 0.25) is 5.91 Å². The number of nitrogens with one attached hydrogen (secondary N) is 3. The molecule has 0 spiro atoms. The Morgan fingerprint density at radius 1 is 1.19 bits per heavy atom. The molecule has 21 heavy (non-hydrogen) atoms. The largest absolute Gasteiger partial charge is 0.444 e. The summed E-state index contributed by atoms with van der Waals surface area (Å²) in [6, 6.07) is -0.743. The topological polar surface area (TPSA) is 91.3 Å². The number of ether oxygens (including phenoxy) is 1. The van der Waals surface area contributed by atoms with E-state index in [2.05, 4.69) is 10.6 Å². The Bertz CT molecular complexity index is 397. The summed E-state index contributed by atoms with van der Waals surface area (Å²) in [6.07, 6.45) is 1.50. The van der Waals surface area contributed by atoms with Crippen LogP contribution in [0, 0.1) is 10.8 Å².